The van der Waals surface area contributed by atoms with Gasteiger partial charge < -0.3 is 4.90 Å². The summed E-state index contributed by atoms with van der Waals surface area (Å²) in [6.07, 6.45) is 0. The van der Waals surface area contributed by atoms with Crippen LogP contribution in [0.2, 0.25) is 0 Å². The second-order valence-electron chi connectivity index (χ2n) is 3.49. The first-order chi connectivity index (χ1) is 6.13. The molecule has 1 aromatic rings. The van der Waals surface area contributed by atoms with E-state index in [-0.39, 0.29) is 0 Å². The van der Waals surface area contributed by atoms with E-state index in [1.165, 1.54) is 11.1 Å². The van der Waals surface area contributed by atoms with Crippen LogP contribution in [-0.4, -0.2) is 19.0 Å². The highest BCUT2D eigenvalue weighted by Gasteiger charge is 2.00. The molecule has 0 atom stereocenters. The Morgan fingerprint density at radius 1 is 1.38 bits per heavy atom. The van der Waals surface area contributed by atoms with Gasteiger partial charge in [0.25, 0.3) is 0 Å². The zero-order valence-electron chi connectivity index (χ0n) is 8.33. The van der Waals surface area contributed by atoms with E-state index in [2.05, 4.69) is 11.0 Å². The molecule has 0 amide bonds. The average molecular weight is 174 g/mol. The molecule has 0 fully saturated rings. The lowest BCUT2D eigenvalue weighted by atomic mass is 10.1. The van der Waals surface area contributed by atoms with Gasteiger partial charge in [-0.1, -0.05) is 6.07 Å². The maximum atomic E-state index is 8.67. The summed E-state index contributed by atoms with van der Waals surface area (Å²) in [6, 6.07) is 7.95. The van der Waals surface area contributed by atoms with Crippen molar-refractivity contribution in [3.05, 3.63) is 34.9 Å². The van der Waals surface area contributed by atoms with Crippen LogP contribution >= 0.6 is 0 Å². The molecule has 0 spiro atoms. The van der Waals surface area contributed by atoms with Crippen LogP contribution < -0.4 is 0 Å². The first-order valence-corrected chi connectivity index (χ1v) is 4.28. The fraction of sp³-hybridized carbons (Fsp3) is 0.364. The number of nitrogens with zero attached hydrogens (tertiary/aromatic N) is 2. The van der Waals surface area contributed by atoms with Crippen molar-refractivity contribution >= 4 is 0 Å². The topological polar surface area (TPSA) is 27.0 Å². The Balaban J connectivity index is 2.93. The normalized spacial score (nSPS) is 10.1. The van der Waals surface area contributed by atoms with E-state index in [0.717, 1.165) is 12.1 Å². The lowest BCUT2D eigenvalue weighted by Gasteiger charge is -2.11. The Bertz CT molecular complexity index is 334. The molecule has 0 aliphatic rings. The molecule has 0 saturated carbocycles. The summed E-state index contributed by atoms with van der Waals surface area (Å²) in [5.74, 6) is 0. The highest BCUT2D eigenvalue weighted by molar-refractivity contribution is 5.37. The second-order valence-corrected chi connectivity index (χ2v) is 3.49. The Labute approximate surface area is 79.4 Å². The first-order valence-electron chi connectivity index (χ1n) is 4.28. The third-order valence-electron chi connectivity index (χ3n) is 1.96. The molecular formula is C11H14N2. The van der Waals surface area contributed by atoms with Crippen LogP contribution in [0.25, 0.3) is 0 Å². The van der Waals surface area contributed by atoms with Crippen molar-refractivity contribution in [2.75, 3.05) is 14.1 Å². The fourth-order valence-electron chi connectivity index (χ4n) is 1.28. The van der Waals surface area contributed by atoms with Crippen molar-refractivity contribution in [2.45, 2.75) is 13.5 Å². The third kappa shape index (κ3) is 2.57. The predicted molar refractivity (Wildman–Crippen MR) is 53.3 cm³/mol. The van der Waals surface area contributed by atoms with Gasteiger partial charge in [0.1, 0.15) is 0 Å². The van der Waals surface area contributed by atoms with E-state index < -0.39 is 0 Å². The molecule has 13 heavy (non-hydrogen) atoms. The minimum atomic E-state index is 0.736. The molecule has 0 bridgehead atoms. The molecule has 2 nitrogen and oxygen atoms in total. The molecule has 0 aliphatic carbocycles. The quantitative estimate of drug-likeness (QED) is 0.685. The van der Waals surface area contributed by atoms with Crippen molar-refractivity contribution in [1.82, 2.24) is 4.90 Å². The molecule has 2 heteroatoms. The Morgan fingerprint density at radius 3 is 2.54 bits per heavy atom. The highest BCUT2D eigenvalue weighted by Crippen LogP contribution is 2.11. The van der Waals surface area contributed by atoms with Crippen LogP contribution in [-0.2, 0) is 6.54 Å². The van der Waals surface area contributed by atoms with Gasteiger partial charge in [0.2, 0.25) is 0 Å². The first kappa shape index (κ1) is 9.76. The third-order valence-corrected chi connectivity index (χ3v) is 1.96. The number of nitriles is 1. The Hall–Kier alpha value is -1.33. The summed E-state index contributed by atoms with van der Waals surface area (Å²) in [6.45, 7) is 2.97. The number of aryl methyl sites for hydroxylation is 1. The van der Waals surface area contributed by atoms with Crippen molar-refractivity contribution in [3.8, 4) is 6.07 Å². The minimum Gasteiger partial charge on any atom is -0.305 e. The Kier molecular flexibility index (Phi) is 3.05. The molecule has 0 saturated heterocycles. The number of benzene rings is 1. The molecule has 1 aromatic carbocycles. The van der Waals surface area contributed by atoms with E-state index in [0.29, 0.717) is 0 Å². The standard InChI is InChI=1S/C11H14N2/c1-9-6-10(7-12)4-5-11(9)8-13(2)3/h4-6H,8H2,1-3H3. The smallest absolute Gasteiger partial charge is 0.0991 e. The van der Waals surface area contributed by atoms with Gasteiger partial charge in [0, 0.05) is 6.54 Å². The second kappa shape index (κ2) is 4.06. The van der Waals surface area contributed by atoms with Crippen molar-refractivity contribution in [3.63, 3.8) is 0 Å². The van der Waals surface area contributed by atoms with Gasteiger partial charge in [-0.05, 0) is 44.3 Å². The summed E-state index contributed by atoms with van der Waals surface area (Å²) in [4.78, 5) is 2.12. The highest BCUT2D eigenvalue weighted by atomic mass is 15.0. The van der Waals surface area contributed by atoms with Crippen LogP contribution in [0.5, 0.6) is 0 Å². The maximum absolute atomic E-state index is 8.67. The van der Waals surface area contributed by atoms with E-state index >= 15 is 0 Å². The van der Waals surface area contributed by atoms with Crippen molar-refractivity contribution in [1.29, 1.82) is 5.26 Å². The molecule has 0 heterocycles. The number of rotatable bonds is 2. The van der Waals surface area contributed by atoms with Gasteiger partial charge >= 0.3 is 0 Å². The van der Waals surface area contributed by atoms with Crippen LogP contribution in [0, 0.1) is 18.3 Å². The largest absolute Gasteiger partial charge is 0.305 e. The van der Waals surface area contributed by atoms with E-state index in [9.17, 15) is 0 Å². The molecule has 0 unspecified atom stereocenters. The summed E-state index contributed by atoms with van der Waals surface area (Å²) in [7, 11) is 4.08. The van der Waals surface area contributed by atoms with E-state index in [4.69, 9.17) is 5.26 Å². The minimum absolute atomic E-state index is 0.736. The van der Waals surface area contributed by atoms with Crippen molar-refractivity contribution < 1.29 is 0 Å². The maximum Gasteiger partial charge on any atom is 0.0991 e. The molecule has 1 rings (SSSR count). The SMILES string of the molecule is Cc1cc(C#N)ccc1CN(C)C. The average Bonchev–Trinajstić information content (AvgIpc) is 2.08. The van der Waals surface area contributed by atoms with Gasteiger partial charge in [0.05, 0.1) is 11.6 Å². The van der Waals surface area contributed by atoms with Gasteiger partial charge in [-0.25, -0.2) is 0 Å². The molecule has 68 valence electrons. The fourth-order valence-corrected chi connectivity index (χ4v) is 1.28. The van der Waals surface area contributed by atoms with Gasteiger partial charge in [0.15, 0.2) is 0 Å². The van der Waals surface area contributed by atoms with Gasteiger partial charge in [-0.15, -0.1) is 0 Å². The predicted octanol–water partition coefficient (Wildman–Crippen LogP) is 1.93. The summed E-state index contributed by atoms with van der Waals surface area (Å²) in [5, 5.41) is 8.67. The van der Waals surface area contributed by atoms with Crippen LogP contribution in [0.4, 0.5) is 0 Å². The lowest BCUT2D eigenvalue weighted by Crippen LogP contribution is -2.11. The molecule has 0 N–H and O–H groups in total. The Morgan fingerprint density at radius 2 is 2.08 bits per heavy atom. The number of hydrogen-bond acceptors (Lipinski definition) is 2. The summed E-state index contributed by atoms with van der Waals surface area (Å²) >= 11 is 0. The van der Waals surface area contributed by atoms with Crippen molar-refractivity contribution in [2.24, 2.45) is 0 Å². The zero-order valence-corrected chi connectivity index (χ0v) is 8.33. The van der Waals surface area contributed by atoms with Crippen LogP contribution in [0.15, 0.2) is 18.2 Å². The van der Waals surface area contributed by atoms with E-state index in [1.54, 1.807) is 0 Å². The molecule has 0 aliphatic heterocycles. The summed E-state index contributed by atoms with van der Waals surface area (Å²) in [5.41, 5.74) is 3.21. The van der Waals surface area contributed by atoms with Gasteiger partial charge in [-0.2, -0.15) is 5.26 Å². The van der Waals surface area contributed by atoms with Gasteiger partial charge in [-0.3, -0.25) is 0 Å². The number of hydrogen-bond donors (Lipinski definition) is 0. The van der Waals surface area contributed by atoms with Crippen LogP contribution in [0.1, 0.15) is 16.7 Å². The summed E-state index contributed by atoms with van der Waals surface area (Å²) < 4.78 is 0. The lowest BCUT2D eigenvalue weighted by molar-refractivity contribution is 0.401. The van der Waals surface area contributed by atoms with Crippen LogP contribution in [0.3, 0.4) is 0 Å². The molecule has 0 aromatic heterocycles. The van der Waals surface area contributed by atoms with E-state index in [1.807, 2.05) is 39.2 Å². The molecular weight excluding hydrogens is 160 g/mol. The molecule has 0 radical (unpaired) electrons. The zero-order chi connectivity index (χ0) is 9.84. The monoisotopic (exact) mass is 174 g/mol.